The van der Waals surface area contributed by atoms with Crippen molar-refractivity contribution in [1.82, 2.24) is 0 Å². The summed E-state index contributed by atoms with van der Waals surface area (Å²) in [6.07, 6.45) is 1.55. The Balaban J connectivity index is 2.24. The van der Waals surface area contributed by atoms with Crippen LogP contribution in [0.5, 0.6) is 0 Å². The van der Waals surface area contributed by atoms with Crippen LogP contribution in [-0.2, 0) is 22.9 Å². The summed E-state index contributed by atoms with van der Waals surface area (Å²) in [4.78, 5) is 0.398. The number of hydrogen-bond donors (Lipinski definition) is 0. The second-order valence-corrected chi connectivity index (χ2v) is 8.01. The minimum absolute atomic E-state index is 0.398. The number of rotatable bonds is 5. The zero-order valence-electron chi connectivity index (χ0n) is 14.9. The zero-order chi connectivity index (χ0) is 18.0. The van der Waals surface area contributed by atoms with Crippen molar-refractivity contribution >= 4 is 26.5 Å². The van der Waals surface area contributed by atoms with Crippen LogP contribution in [0.25, 0.3) is 10.8 Å². The Hall–Kier alpha value is -2.33. The zero-order valence-corrected chi connectivity index (χ0v) is 15.7. The van der Waals surface area contributed by atoms with Crippen LogP contribution >= 0.6 is 0 Å². The van der Waals surface area contributed by atoms with Crippen LogP contribution in [0.1, 0.15) is 25.0 Å². The maximum atomic E-state index is 13.3. The summed E-state index contributed by atoms with van der Waals surface area (Å²) in [5.74, 6) is 0. The average molecular weight is 353 g/mol. The maximum absolute atomic E-state index is 13.3. The molecule has 3 nitrogen and oxygen atoms in total. The highest BCUT2D eigenvalue weighted by molar-refractivity contribution is 7.92. The van der Waals surface area contributed by atoms with E-state index in [1.54, 1.807) is 13.1 Å². The molecule has 25 heavy (non-hydrogen) atoms. The molecular formula is C21H23NO2S. The van der Waals surface area contributed by atoms with Crippen molar-refractivity contribution in [2.45, 2.75) is 31.6 Å². The van der Waals surface area contributed by atoms with Crippen molar-refractivity contribution in [3.63, 3.8) is 0 Å². The van der Waals surface area contributed by atoms with Gasteiger partial charge in [-0.25, -0.2) is 8.42 Å². The van der Waals surface area contributed by atoms with Gasteiger partial charge in [0, 0.05) is 7.05 Å². The van der Waals surface area contributed by atoms with E-state index in [4.69, 9.17) is 0 Å². The molecule has 0 unspecified atom stereocenters. The number of sulfonamides is 1. The number of fused-ring (bicyclic) bond motifs is 1. The van der Waals surface area contributed by atoms with E-state index in [1.165, 1.54) is 9.87 Å². The third kappa shape index (κ3) is 3.02. The summed E-state index contributed by atoms with van der Waals surface area (Å²) < 4.78 is 27.9. The molecule has 0 aromatic heterocycles. The molecule has 0 fully saturated rings. The van der Waals surface area contributed by atoms with Gasteiger partial charge in [0.05, 0.1) is 10.6 Å². The Morgan fingerprint density at radius 2 is 1.56 bits per heavy atom. The molecule has 0 N–H and O–H groups in total. The van der Waals surface area contributed by atoms with Crippen LogP contribution in [0.15, 0.2) is 65.6 Å². The van der Waals surface area contributed by atoms with E-state index in [0.29, 0.717) is 17.0 Å². The molecule has 0 aliphatic carbocycles. The second kappa shape index (κ2) is 6.89. The van der Waals surface area contributed by atoms with E-state index in [0.717, 1.165) is 22.8 Å². The fourth-order valence-electron chi connectivity index (χ4n) is 3.33. The number of hydrogen-bond acceptors (Lipinski definition) is 2. The maximum Gasteiger partial charge on any atom is 0.264 e. The Kier molecular flexibility index (Phi) is 4.82. The van der Waals surface area contributed by atoms with E-state index in [1.807, 2.05) is 55.5 Å². The molecule has 0 aliphatic heterocycles. The van der Waals surface area contributed by atoms with E-state index in [9.17, 15) is 8.42 Å². The Labute approximate surface area is 150 Å². The first kappa shape index (κ1) is 17.5. The first-order valence-electron chi connectivity index (χ1n) is 8.58. The molecule has 0 atom stereocenters. The summed E-state index contributed by atoms with van der Waals surface area (Å²) in [6.45, 7) is 4.12. The standard InChI is InChI=1S/C21H23NO2S/c1-4-16-10-9-11-17-14-15-20(19(5-2)21(16)17)25(23,24)22(3)18-12-7-6-8-13-18/h6-15H,4-5H2,1-3H3. The highest BCUT2D eigenvalue weighted by atomic mass is 32.2. The smallest absolute Gasteiger partial charge is 0.264 e. The number of aryl methyl sites for hydroxylation is 2. The highest BCUT2D eigenvalue weighted by Gasteiger charge is 2.25. The fourth-order valence-corrected chi connectivity index (χ4v) is 4.82. The van der Waals surface area contributed by atoms with Crippen molar-refractivity contribution in [3.8, 4) is 0 Å². The predicted molar refractivity (Wildman–Crippen MR) is 105 cm³/mol. The van der Waals surface area contributed by atoms with Gasteiger partial charge in [-0.3, -0.25) is 4.31 Å². The number of anilines is 1. The molecule has 0 saturated carbocycles. The molecule has 3 aromatic carbocycles. The molecule has 0 saturated heterocycles. The largest absolute Gasteiger partial charge is 0.269 e. The monoisotopic (exact) mass is 353 g/mol. The average Bonchev–Trinajstić information content (AvgIpc) is 2.66. The number of para-hydroxylation sites is 1. The van der Waals surface area contributed by atoms with Crippen molar-refractivity contribution in [3.05, 3.63) is 71.8 Å². The molecule has 0 amide bonds. The predicted octanol–water partition coefficient (Wildman–Crippen LogP) is 4.79. The second-order valence-electron chi connectivity index (χ2n) is 6.07. The van der Waals surface area contributed by atoms with E-state index in [-0.39, 0.29) is 0 Å². The molecular weight excluding hydrogens is 330 g/mol. The van der Waals surface area contributed by atoms with Crippen LogP contribution < -0.4 is 4.31 Å². The molecule has 0 bridgehead atoms. The van der Waals surface area contributed by atoms with Gasteiger partial charge < -0.3 is 0 Å². The van der Waals surface area contributed by atoms with Crippen LogP contribution in [-0.4, -0.2) is 15.5 Å². The lowest BCUT2D eigenvalue weighted by atomic mass is 9.96. The van der Waals surface area contributed by atoms with Gasteiger partial charge in [0.25, 0.3) is 10.0 Å². The van der Waals surface area contributed by atoms with Crippen molar-refractivity contribution in [1.29, 1.82) is 0 Å². The molecule has 4 heteroatoms. The summed E-state index contributed by atoms with van der Waals surface area (Å²) >= 11 is 0. The molecule has 0 radical (unpaired) electrons. The van der Waals surface area contributed by atoms with Gasteiger partial charge in [-0.05, 0) is 52.9 Å². The van der Waals surface area contributed by atoms with Crippen molar-refractivity contribution < 1.29 is 8.42 Å². The van der Waals surface area contributed by atoms with Gasteiger partial charge in [-0.15, -0.1) is 0 Å². The van der Waals surface area contributed by atoms with Gasteiger partial charge in [-0.1, -0.05) is 56.3 Å². The molecule has 3 aromatic rings. The van der Waals surface area contributed by atoms with Gasteiger partial charge in [0.2, 0.25) is 0 Å². The highest BCUT2D eigenvalue weighted by Crippen LogP contribution is 2.32. The Morgan fingerprint density at radius 3 is 2.20 bits per heavy atom. The molecule has 130 valence electrons. The van der Waals surface area contributed by atoms with Crippen molar-refractivity contribution in [2.24, 2.45) is 0 Å². The van der Waals surface area contributed by atoms with Gasteiger partial charge in [0.15, 0.2) is 0 Å². The number of benzene rings is 3. The molecule has 0 heterocycles. The quantitative estimate of drug-likeness (QED) is 0.661. The summed E-state index contributed by atoms with van der Waals surface area (Å²) in [5, 5.41) is 2.17. The molecule has 0 spiro atoms. The van der Waals surface area contributed by atoms with Crippen LogP contribution in [0.3, 0.4) is 0 Å². The summed E-state index contributed by atoms with van der Waals surface area (Å²) in [7, 11) is -2.01. The van der Waals surface area contributed by atoms with Crippen LogP contribution in [0.4, 0.5) is 5.69 Å². The first-order chi connectivity index (χ1) is 12.0. The van der Waals surface area contributed by atoms with E-state index in [2.05, 4.69) is 13.0 Å². The van der Waals surface area contributed by atoms with Crippen molar-refractivity contribution in [2.75, 3.05) is 11.4 Å². The normalized spacial score (nSPS) is 11.6. The molecule has 0 aliphatic rings. The number of nitrogens with zero attached hydrogens (tertiary/aromatic N) is 1. The topological polar surface area (TPSA) is 37.4 Å². The lowest BCUT2D eigenvalue weighted by Crippen LogP contribution is -2.27. The van der Waals surface area contributed by atoms with Gasteiger partial charge >= 0.3 is 0 Å². The third-order valence-electron chi connectivity index (χ3n) is 4.69. The van der Waals surface area contributed by atoms with Crippen LogP contribution in [0.2, 0.25) is 0 Å². The van der Waals surface area contributed by atoms with E-state index < -0.39 is 10.0 Å². The summed E-state index contributed by atoms with van der Waals surface area (Å²) in [6, 6.07) is 19.0. The lowest BCUT2D eigenvalue weighted by molar-refractivity contribution is 0.593. The minimum Gasteiger partial charge on any atom is -0.269 e. The first-order valence-corrected chi connectivity index (χ1v) is 10.0. The lowest BCUT2D eigenvalue weighted by Gasteiger charge is -2.22. The Bertz CT molecular complexity index is 995. The van der Waals surface area contributed by atoms with Crippen LogP contribution in [0, 0.1) is 0 Å². The van der Waals surface area contributed by atoms with E-state index >= 15 is 0 Å². The molecule has 3 rings (SSSR count). The Morgan fingerprint density at radius 1 is 0.840 bits per heavy atom. The third-order valence-corrected chi connectivity index (χ3v) is 6.56. The minimum atomic E-state index is -3.62. The van der Waals surface area contributed by atoms with Gasteiger partial charge in [0.1, 0.15) is 0 Å². The van der Waals surface area contributed by atoms with Gasteiger partial charge in [-0.2, -0.15) is 0 Å². The SMILES string of the molecule is CCc1cccc2ccc(S(=O)(=O)N(C)c3ccccc3)c(CC)c12. The fraction of sp³-hybridized carbons (Fsp3) is 0.238. The summed E-state index contributed by atoms with van der Waals surface area (Å²) in [5.41, 5.74) is 2.75.